The van der Waals surface area contributed by atoms with Crippen LogP contribution < -0.4 is 4.72 Å². The molecule has 1 saturated heterocycles. The molecule has 2 aromatic carbocycles. The van der Waals surface area contributed by atoms with Gasteiger partial charge in [-0.25, -0.2) is 22.2 Å². The smallest absolute Gasteiger partial charge is 0.292 e. The Morgan fingerprint density at radius 2 is 1.85 bits per heavy atom. The Bertz CT molecular complexity index is 1240. The number of rotatable bonds is 6. The first-order valence-electron chi connectivity index (χ1n) is 10.2. The minimum absolute atomic E-state index is 0.0173. The fraction of sp³-hybridized carbons (Fsp3) is 0.333. The van der Waals surface area contributed by atoms with Crippen molar-refractivity contribution >= 4 is 26.7 Å². The number of anilines is 1. The fourth-order valence-corrected chi connectivity index (χ4v) is 5.76. The highest BCUT2D eigenvalue weighted by Crippen LogP contribution is 2.42. The molecule has 0 bridgehead atoms. The molecule has 2 atom stereocenters. The number of sulfonamides is 1. The van der Waals surface area contributed by atoms with E-state index in [1.54, 1.807) is 35.2 Å². The van der Waals surface area contributed by atoms with Crippen LogP contribution in [0.1, 0.15) is 30.0 Å². The van der Waals surface area contributed by atoms with E-state index in [4.69, 9.17) is 0 Å². The van der Waals surface area contributed by atoms with Gasteiger partial charge in [-0.3, -0.25) is 9.62 Å². The second kappa shape index (κ2) is 9.55. The first kappa shape index (κ1) is 24.5. The monoisotopic (exact) mass is 518 g/mol. The van der Waals surface area contributed by atoms with E-state index in [2.05, 4.69) is 9.36 Å². The molecule has 3 aromatic rings. The molecule has 1 N–H and O–H groups in total. The zero-order chi connectivity index (χ0) is 24.5. The van der Waals surface area contributed by atoms with Gasteiger partial charge in [-0.1, -0.05) is 30.3 Å². The van der Waals surface area contributed by atoms with Gasteiger partial charge in [0.25, 0.3) is 10.0 Å². The number of likely N-dealkylation sites (tertiary alicyclic amines) is 1. The van der Waals surface area contributed by atoms with Crippen LogP contribution in [0.5, 0.6) is 0 Å². The zero-order valence-electron chi connectivity index (χ0n) is 17.5. The van der Waals surface area contributed by atoms with E-state index in [1.807, 2.05) is 4.72 Å². The van der Waals surface area contributed by atoms with Crippen molar-refractivity contribution in [2.75, 3.05) is 11.3 Å². The van der Waals surface area contributed by atoms with E-state index in [-0.39, 0.29) is 36.6 Å². The molecule has 34 heavy (non-hydrogen) atoms. The van der Waals surface area contributed by atoms with Crippen LogP contribution in [0.15, 0.2) is 53.7 Å². The van der Waals surface area contributed by atoms with Gasteiger partial charge in [-0.2, -0.15) is 17.5 Å². The number of nitrogens with one attached hydrogen (secondary N) is 1. The van der Waals surface area contributed by atoms with Gasteiger partial charge in [0, 0.05) is 29.7 Å². The maximum Gasteiger partial charge on any atom is 0.391 e. The highest BCUT2D eigenvalue weighted by atomic mass is 32.2. The predicted octanol–water partition coefficient (Wildman–Crippen LogP) is 5.13. The van der Waals surface area contributed by atoms with Crippen molar-refractivity contribution in [3.63, 3.8) is 0 Å². The maximum absolute atomic E-state index is 14.9. The van der Waals surface area contributed by atoms with Crippen LogP contribution in [0.3, 0.4) is 0 Å². The number of halogens is 5. The topological polar surface area (TPSA) is 75.2 Å². The van der Waals surface area contributed by atoms with Gasteiger partial charge in [-0.15, -0.1) is 0 Å². The molecule has 13 heteroatoms. The first-order chi connectivity index (χ1) is 16.0. The molecular formula is C21H19F5N4O2S2. The SMILES string of the molecule is O=S(=O)(Nc1ncns1)c1cc(F)c(CN2CC[C@@H](C(F)(F)F)C[C@@H]2c2ccccc2)cc1F. The van der Waals surface area contributed by atoms with Gasteiger partial charge in [0.2, 0.25) is 5.13 Å². The van der Waals surface area contributed by atoms with Gasteiger partial charge in [0.05, 0.1) is 5.92 Å². The van der Waals surface area contributed by atoms with Crippen molar-refractivity contribution in [1.82, 2.24) is 14.3 Å². The summed E-state index contributed by atoms with van der Waals surface area (Å²) in [5, 5.41) is -0.109. The Labute approximate surface area is 196 Å². The van der Waals surface area contributed by atoms with Crippen molar-refractivity contribution in [3.8, 4) is 0 Å². The summed E-state index contributed by atoms with van der Waals surface area (Å²) in [6.45, 7) is -0.166. The largest absolute Gasteiger partial charge is 0.391 e. The van der Waals surface area contributed by atoms with Crippen molar-refractivity contribution < 1.29 is 30.4 Å². The van der Waals surface area contributed by atoms with Crippen molar-refractivity contribution in [2.45, 2.75) is 36.5 Å². The van der Waals surface area contributed by atoms with Crippen molar-refractivity contribution in [2.24, 2.45) is 5.92 Å². The van der Waals surface area contributed by atoms with Crippen LogP contribution in [-0.4, -0.2) is 35.4 Å². The van der Waals surface area contributed by atoms with Crippen LogP contribution in [-0.2, 0) is 16.6 Å². The van der Waals surface area contributed by atoms with E-state index >= 15 is 0 Å². The Morgan fingerprint density at radius 3 is 2.50 bits per heavy atom. The Balaban J connectivity index is 1.60. The molecule has 0 radical (unpaired) electrons. The third-order valence-corrected chi connectivity index (χ3v) is 7.77. The van der Waals surface area contributed by atoms with E-state index < -0.39 is 44.7 Å². The van der Waals surface area contributed by atoms with Crippen molar-refractivity contribution in [1.29, 1.82) is 0 Å². The molecule has 4 rings (SSSR count). The molecule has 2 heterocycles. The molecule has 1 aromatic heterocycles. The fourth-order valence-electron chi connectivity index (χ4n) is 4.03. The minimum Gasteiger partial charge on any atom is -0.292 e. The summed E-state index contributed by atoms with van der Waals surface area (Å²) >= 11 is 0.727. The summed E-state index contributed by atoms with van der Waals surface area (Å²) < 4.78 is 100. The summed E-state index contributed by atoms with van der Waals surface area (Å²) in [6, 6.07) is 9.21. The van der Waals surface area contributed by atoms with Crippen LogP contribution in [0.4, 0.5) is 27.1 Å². The Hall–Kier alpha value is -2.64. The van der Waals surface area contributed by atoms with Crippen LogP contribution in [0.25, 0.3) is 0 Å². The number of aromatic nitrogens is 2. The molecule has 0 saturated carbocycles. The maximum atomic E-state index is 14.9. The van der Waals surface area contributed by atoms with Gasteiger partial charge in [-0.05, 0) is 37.1 Å². The lowest BCUT2D eigenvalue weighted by Gasteiger charge is -2.40. The summed E-state index contributed by atoms with van der Waals surface area (Å²) in [4.78, 5) is 4.40. The number of alkyl halides is 3. The molecule has 182 valence electrons. The lowest BCUT2D eigenvalue weighted by molar-refractivity contribution is -0.190. The highest BCUT2D eigenvalue weighted by molar-refractivity contribution is 7.93. The Kier molecular flexibility index (Phi) is 6.87. The number of nitrogens with zero attached hydrogens (tertiary/aromatic N) is 3. The number of benzene rings is 2. The zero-order valence-corrected chi connectivity index (χ0v) is 19.1. The number of piperidine rings is 1. The van der Waals surface area contributed by atoms with Gasteiger partial charge >= 0.3 is 6.18 Å². The van der Waals surface area contributed by atoms with E-state index in [0.29, 0.717) is 11.6 Å². The third-order valence-electron chi connectivity index (χ3n) is 5.71. The summed E-state index contributed by atoms with van der Waals surface area (Å²) in [5.74, 6) is -3.67. The van der Waals surface area contributed by atoms with E-state index in [1.165, 1.54) is 0 Å². The number of hydrogen-bond donors (Lipinski definition) is 1. The predicted molar refractivity (Wildman–Crippen MR) is 115 cm³/mol. The molecule has 0 unspecified atom stereocenters. The van der Waals surface area contributed by atoms with Crippen LogP contribution in [0.2, 0.25) is 0 Å². The second-order valence-corrected chi connectivity index (χ2v) is 10.3. The van der Waals surface area contributed by atoms with Crippen molar-refractivity contribution in [3.05, 3.63) is 71.6 Å². The van der Waals surface area contributed by atoms with E-state index in [0.717, 1.165) is 23.9 Å². The lowest BCUT2D eigenvalue weighted by atomic mass is 9.86. The third kappa shape index (κ3) is 5.36. The van der Waals surface area contributed by atoms with Gasteiger partial charge in [0.15, 0.2) is 0 Å². The molecule has 1 fully saturated rings. The highest BCUT2D eigenvalue weighted by Gasteiger charge is 2.44. The average Bonchev–Trinajstić information content (AvgIpc) is 3.28. The minimum atomic E-state index is -4.46. The summed E-state index contributed by atoms with van der Waals surface area (Å²) in [7, 11) is -4.46. The van der Waals surface area contributed by atoms with E-state index in [9.17, 15) is 30.4 Å². The first-order valence-corrected chi connectivity index (χ1v) is 12.4. The summed E-state index contributed by atoms with van der Waals surface area (Å²) in [6.07, 6.45) is -3.63. The molecule has 6 nitrogen and oxygen atoms in total. The molecule has 1 aliphatic rings. The molecule has 0 aliphatic carbocycles. The normalized spacial score (nSPS) is 19.8. The standard InChI is InChI=1S/C21H19F5N4O2S2/c22-16-10-19(34(31,32)29-20-27-12-28-33-20)17(23)8-14(16)11-30-7-6-15(21(24,25)26)9-18(30)13-4-2-1-3-5-13/h1-5,8,10,12,15,18H,6-7,9,11H2,(H,27,28,29)/t15-,18-/m1/s1. The molecule has 0 amide bonds. The Morgan fingerprint density at radius 1 is 1.12 bits per heavy atom. The van der Waals surface area contributed by atoms with Crippen LogP contribution >= 0.6 is 11.5 Å². The molecule has 0 spiro atoms. The van der Waals surface area contributed by atoms with Crippen LogP contribution in [0, 0.1) is 17.6 Å². The number of hydrogen-bond acceptors (Lipinski definition) is 6. The molecular weight excluding hydrogens is 499 g/mol. The van der Waals surface area contributed by atoms with Gasteiger partial charge in [0.1, 0.15) is 22.9 Å². The van der Waals surface area contributed by atoms with Gasteiger partial charge < -0.3 is 0 Å². The second-order valence-electron chi connectivity index (χ2n) is 7.89. The molecule has 1 aliphatic heterocycles. The quantitative estimate of drug-likeness (QED) is 0.458. The summed E-state index contributed by atoms with van der Waals surface area (Å²) in [5.41, 5.74) is 0.483. The average molecular weight is 519 g/mol. The lowest BCUT2D eigenvalue weighted by Crippen LogP contribution is -2.41.